The minimum atomic E-state index is -0.0268. The van der Waals surface area contributed by atoms with Crippen molar-refractivity contribution in [3.8, 4) is 0 Å². The summed E-state index contributed by atoms with van der Waals surface area (Å²) in [7, 11) is 1.91. The zero-order valence-electron chi connectivity index (χ0n) is 14.4. The van der Waals surface area contributed by atoms with Gasteiger partial charge < -0.3 is 15.0 Å². The van der Waals surface area contributed by atoms with Crippen molar-refractivity contribution in [1.29, 1.82) is 0 Å². The molecule has 0 radical (unpaired) electrons. The van der Waals surface area contributed by atoms with Crippen LogP contribution in [0.4, 0.5) is 10.5 Å². The highest BCUT2D eigenvalue weighted by Gasteiger charge is 2.29. The van der Waals surface area contributed by atoms with Gasteiger partial charge in [0.2, 0.25) is 0 Å². The van der Waals surface area contributed by atoms with Gasteiger partial charge in [-0.25, -0.2) is 4.79 Å². The molecule has 5 heteroatoms. The Morgan fingerprint density at radius 3 is 2.87 bits per heavy atom. The summed E-state index contributed by atoms with van der Waals surface area (Å²) < 4.78 is 5.48. The first-order valence-corrected chi connectivity index (χ1v) is 9.51. The van der Waals surface area contributed by atoms with Crippen LogP contribution in [-0.4, -0.2) is 41.6 Å². The number of urea groups is 1. The van der Waals surface area contributed by atoms with Crippen molar-refractivity contribution in [3.63, 3.8) is 0 Å². The summed E-state index contributed by atoms with van der Waals surface area (Å²) in [5.74, 6) is 1.15. The van der Waals surface area contributed by atoms with E-state index in [1.54, 1.807) is 0 Å². The molecule has 2 amide bonds. The standard InChI is InChI=1S/C18H28N2O2S/c1-4-22-13-14-8-6-7-9-17(14)19-18(21)20(3)15-10-11-16(12-15)23-5-2/h6-9,15-16H,4-5,10-13H2,1-3H3,(H,19,21)/t15-,16+/m1/s1. The number of carbonyl (C=O) groups is 1. The highest BCUT2D eigenvalue weighted by Crippen LogP contribution is 2.32. The Morgan fingerprint density at radius 2 is 2.13 bits per heavy atom. The van der Waals surface area contributed by atoms with E-state index in [2.05, 4.69) is 12.2 Å². The molecule has 1 fully saturated rings. The maximum Gasteiger partial charge on any atom is 0.321 e. The van der Waals surface area contributed by atoms with Crippen molar-refractivity contribution >= 4 is 23.5 Å². The van der Waals surface area contributed by atoms with E-state index >= 15 is 0 Å². The Balaban J connectivity index is 1.94. The van der Waals surface area contributed by atoms with Crippen LogP contribution in [-0.2, 0) is 11.3 Å². The van der Waals surface area contributed by atoms with Gasteiger partial charge in [0.25, 0.3) is 0 Å². The van der Waals surface area contributed by atoms with Gasteiger partial charge in [-0.1, -0.05) is 25.1 Å². The number of ether oxygens (including phenoxy) is 1. The highest BCUT2D eigenvalue weighted by atomic mass is 32.2. The van der Waals surface area contributed by atoms with Gasteiger partial charge in [0.15, 0.2) is 0 Å². The SMILES string of the molecule is CCOCc1ccccc1NC(=O)N(C)[C@@H]1CC[C@H](SCC)C1. The number of nitrogens with one attached hydrogen (secondary N) is 1. The van der Waals surface area contributed by atoms with E-state index in [1.165, 1.54) is 6.42 Å². The predicted molar refractivity (Wildman–Crippen MR) is 98.1 cm³/mol. The molecule has 1 aromatic carbocycles. The topological polar surface area (TPSA) is 41.6 Å². The molecule has 0 saturated heterocycles. The normalized spacial score (nSPS) is 20.5. The van der Waals surface area contributed by atoms with Crippen LogP contribution in [0.1, 0.15) is 38.7 Å². The lowest BCUT2D eigenvalue weighted by Crippen LogP contribution is -2.38. The molecule has 23 heavy (non-hydrogen) atoms. The molecular formula is C18H28N2O2S. The molecule has 0 heterocycles. The molecule has 0 unspecified atom stereocenters. The van der Waals surface area contributed by atoms with Crippen molar-refractivity contribution in [1.82, 2.24) is 4.90 Å². The first kappa shape index (κ1) is 18.1. The van der Waals surface area contributed by atoms with Crippen LogP contribution in [0.5, 0.6) is 0 Å². The summed E-state index contributed by atoms with van der Waals surface area (Å²) >= 11 is 2.01. The van der Waals surface area contributed by atoms with Crippen LogP contribution in [0, 0.1) is 0 Å². The lowest BCUT2D eigenvalue weighted by molar-refractivity contribution is 0.134. The maximum atomic E-state index is 12.6. The largest absolute Gasteiger partial charge is 0.377 e. The van der Waals surface area contributed by atoms with Gasteiger partial charge in [-0.15, -0.1) is 0 Å². The van der Waals surface area contributed by atoms with Crippen LogP contribution in [0.15, 0.2) is 24.3 Å². The summed E-state index contributed by atoms with van der Waals surface area (Å²) in [6, 6.07) is 8.16. The lowest BCUT2D eigenvalue weighted by atomic mass is 10.2. The fraction of sp³-hybridized carbons (Fsp3) is 0.611. The van der Waals surface area contributed by atoms with Crippen LogP contribution in [0.3, 0.4) is 0 Å². The monoisotopic (exact) mass is 336 g/mol. The number of rotatable bonds is 7. The third-order valence-electron chi connectivity index (χ3n) is 4.35. The zero-order valence-corrected chi connectivity index (χ0v) is 15.2. The molecular weight excluding hydrogens is 308 g/mol. The second-order valence-corrected chi connectivity index (χ2v) is 7.46. The second kappa shape index (κ2) is 9.18. The maximum absolute atomic E-state index is 12.6. The second-order valence-electron chi connectivity index (χ2n) is 5.88. The molecule has 1 aliphatic carbocycles. The van der Waals surface area contributed by atoms with Gasteiger partial charge in [0.1, 0.15) is 0 Å². The number of thioether (sulfide) groups is 1. The number of hydrogen-bond acceptors (Lipinski definition) is 3. The summed E-state index contributed by atoms with van der Waals surface area (Å²) in [5, 5.41) is 3.74. The summed E-state index contributed by atoms with van der Waals surface area (Å²) in [6.07, 6.45) is 3.41. The van der Waals surface area contributed by atoms with E-state index in [0.717, 1.165) is 29.8 Å². The Kier molecular flexibility index (Phi) is 7.24. The fourth-order valence-electron chi connectivity index (χ4n) is 3.01. The molecule has 1 N–H and O–H groups in total. The van der Waals surface area contributed by atoms with E-state index in [9.17, 15) is 4.79 Å². The first-order chi connectivity index (χ1) is 11.2. The number of amides is 2. The molecule has 4 nitrogen and oxygen atoms in total. The minimum Gasteiger partial charge on any atom is -0.377 e. The lowest BCUT2D eigenvalue weighted by Gasteiger charge is -2.25. The molecule has 1 aromatic rings. The third-order valence-corrected chi connectivity index (χ3v) is 5.58. The van der Waals surface area contributed by atoms with Crippen LogP contribution < -0.4 is 5.32 Å². The predicted octanol–water partition coefficient (Wildman–Crippen LogP) is 4.36. The zero-order chi connectivity index (χ0) is 16.7. The van der Waals surface area contributed by atoms with Crippen LogP contribution in [0.25, 0.3) is 0 Å². The number of para-hydroxylation sites is 1. The summed E-state index contributed by atoms with van der Waals surface area (Å²) in [4.78, 5) is 14.4. The quantitative estimate of drug-likeness (QED) is 0.804. The first-order valence-electron chi connectivity index (χ1n) is 8.46. The number of hydrogen-bond donors (Lipinski definition) is 1. The van der Waals surface area contributed by atoms with Gasteiger partial charge in [0, 0.05) is 36.2 Å². The molecule has 1 saturated carbocycles. The third kappa shape index (κ3) is 5.15. The number of carbonyl (C=O) groups excluding carboxylic acids is 1. The summed E-state index contributed by atoms with van der Waals surface area (Å²) in [6.45, 7) is 5.36. The smallest absolute Gasteiger partial charge is 0.321 e. The molecule has 2 rings (SSSR count). The van der Waals surface area contributed by atoms with Crippen LogP contribution in [0.2, 0.25) is 0 Å². The molecule has 128 valence electrons. The number of nitrogens with zero attached hydrogens (tertiary/aromatic N) is 1. The van der Waals surface area contributed by atoms with E-state index < -0.39 is 0 Å². The van der Waals surface area contributed by atoms with Crippen molar-refractivity contribution < 1.29 is 9.53 Å². The Bertz CT molecular complexity index is 510. The van der Waals surface area contributed by atoms with Gasteiger partial charge in [0.05, 0.1) is 6.61 Å². The molecule has 0 bridgehead atoms. The number of anilines is 1. The van der Waals surface area contributed by atoms with Gasteiger partial charge >= 0.3 is 6.03 Å². The van der Waals surface area contributed by atoms with Crippen molar-refractivity contribution in [2.45, 2.75) is 51.0 Å². The fourth-order valence-corrected chi connectivity index (χ4v) is 4.14. The minimum absolute atomic E-state index is 0.0268. The van der Waals surface area contributed by atoms with E-state index in [4.69, 9.17) is 4.74 Å². The van der Waals surface area contributed by atoms with E-state index in [1.807, 2.05) is 54.9 Å². The van der Waals surface area contributed by atoms with Crippen LogP contribution >= 0.6 is 11.8 Å². The van der Waals surface area contributed by atoms with Gasteiger partial charge in [-0.2, -0.15) is 11.8 Å². The van der Waals surface area contributed by atoms with E-state index in [-0.39, 0.29) is 6.03 Å². The van der Waals surface area contributed by atoms with Gasteiger partial charge in [-0.3, -0.25) is 0 Å². The average molecular weight is 337 g/mol. The highest BCUT2D eigenvalue weighted by molar-refractivity contribution is 7.99. The molecule has 1 aliphatic rings. The molecule has 0 aromatic heterocycles. The molecule has 0 spiro atoms. The molecule has 0 aliphatic heterocycles. The Morgan fingerprint density at radius 1 is 1.35 bits per heavy atom. The van der Waals surface area contributed by atoms with Gasteiger partial charge in [-0.05, 0) is 38.0 Å². The average Bonchev–Trinajstić information content (AvgIpc) is 3.02. The Hall–Kier alpha value is -1.20. The van der Waals surface area contributed by atoms with Crippen molar-refractivity contribution in [2.75, 3.05) is 24.7 Å². The Labute approximate surface area is 144 Å². The van der Waals surface area contributed by atoms with E-state index in [0.29, 0.717) is 24.5 Å². The molecule has 2 atom stereocenters. The number of benzene rings is 1. The van der Waals surface area contributed by atoms with Crippen molar-refractivity contribution in [3.05, 3.63) is 29.8 Å². The summed E-state index contributed by atoms with van der Waals surface area (Å²) in [5.41, 5.74) is 1.86. The van der Waals surface area contributed by atoms with Crippen molar-refractivity contribution in [2.24, 2.45) is 0 Å².